The van der Waals surface area contributed by atoms with Crippen LogP contribution in [0.5, 0.6) is 0 Å². The molecule has 0 saturated carbocycles. The van der Waals surface area contributed by atoms with E-state index in [0.29, 0.717) is 0 Å². The van der Waals surface area contributed by atoms with E-state index in [-0.39, 0.29) is 0 Å². The highest BCUT2D eigenvalue weighted by Gasteiger charge is 2.20. The summed E-state index contributed by atoms with van der Waals surface area (Å²) < 4.78 is 0. The van der Waals surface area contributed by atoms with Gasteiger partial charge in [-0.2, -0.15) is 0 Å². The van der Waals surface area contributed by atoms with Crippen LogP contribution in [0, 0.1) is 0 Å². The smallest absolute Gasteiger partial charge is 0.0236 e. The van der Waals surface area contributed by atoms with Crippen molar-refractivity contribution in [3.05, 3.63) is 35.4 Å². The van der Waals surface area contributed by atoms with Gasteiger partial charge in [0.25, 0.3) is 0 Å². The number of piperidine rings is 1. The lowest BCUT2D eigenvalue weighted by molar-refractivity contribution is 0.140. The van der Waals surface area contributed by atoms with Crippen molar-refractivity contribution in [2.75, 3.05) is 40.8 Å². The van der Waals surface area contributed by atoms with Crippen LogP contribution in [-0.4, -0.2) is 56.6 Å². The van der Waals surface area contributed by atoms with E-state index >= 15 is 0 Å². The Kier molecular flexibility index (Phi) is 6.02. The first-order valence-corrected chi connectivity index (χ1v) is 7.81. The molecule has 20 heavy (non-hydrogen) atoms. The zero-order valence-electron chi connectivity index (χ0n) is 13.2. The second kappa shape index (κ2) is 7.77. The Hall–Kier alpha value is -0.900. The highest BCUT2D eigenvalue weighted by molar-refractivity contribution is 5.27. The van der Waals surface area contributed by atoms with Crippen molar-refractivity contribution >= 4 is 0 Å². The summed E-state index contributed by atoms with van der Waals surface area (Å²) in [5, 5.41) is 3.25. The topological polar surface area (TPSA) is 18.5 Å². The monoisotopic (exact) mass is 275 g/mol. The predicted molar refractivity (Wildman–Crippen MR) is 86.1 cm³/mol. The average molecular weight is 275 g/mol. The standard InChI is InChI=1S/C17H29N3/c1-18-11-8-15-6-4-5-7-16(15)14-20-12-9-17(10-13-20)19(2)3/h4-7,17-18H,8-14H2,1-3H3. The average Bonchev–Trinajstić information content (AvgIpc) is 2.47. The second-order valence-corrected chi connectivity index (χ2v) is 6.09. The van der Waals surface area contributed by atoms with Crippen LogP contribution in [0.4, 0.5) is 0 Å². The molecule has 3 heteroatoms. The van der Waals surface area contributed by atoms with Crippen LogP contribution in [0.2, 0.25) is 0 Å². The summed E-state index contributed by atoms with van der Waals surface area (Å²) >= 11 is 0. The van der Waals surface area contributed by atoms with Gasteiger partial charge in [0.1, 0.15) is 0 Å². The maximum atomic E-state index is 3.25. The molecule has 0 amide bonds. The van der Waals surface area contributed by atoms with E-state index in [4.69, 9.17) is 0 Å². The molecule has 3 nitrogen and oxygen atoms in total. The fraction of sp³-hybridized carbons (Fsp3) is 0.647. The molecule has 1 aromatic rings. The van der Waals surface area contributed by atoms with Gasteiger partial charge in [-0.05, 0) is 71.2 Å². The summed E-state index contributed by atoms with van der Waals surface area (Å²) in [4.78, 5) is 4.98. The maximum Gasteiger partial charge on any atom is 0.0236 e. The van der Waals surface area contributed by atoms with Gasteiger partial charge < -0.3 is 10.2 Å². The van der Waals surface area contributed by atoms with E-state index in [1.54, 1.807) is 0 Å². The van der Waals surface area contributed by atoms with Gasteiger partial charge in [-0.3, -0.25) is 4.90 Å². The van der Waals surface area contributed by atoms with Crippen LogP contribution < -0.4 is 5.32 Å². The van der Waals surface area contributed by atoms with Crippen LogP contribution in [-0.2, 0) is 13.0 Å². The molecule has 1 saturated heterocycles. The van der Waals surface area contributed by atoms with Gasteiger partial charge in [0.2, 0.25) is 0 Å². The SMILES string of the molecule is CNCCc1ccccc1CN1CCC(N(C)C)CC1. The molecule has 1 aliphatic heterocycles. The third kappa shape index (κ3) is 4.30. The van der Waals surface area contributed by atoms with Gasteiger partial charge in [-0.15, -0.1) is 0 Å². The van der Waals surface area contributed by atoms with Gasteiger partial charge in [0.15, 0.2) is 0 Å². The summed E-state index contributed by atoms with van der Waals surface area (Å²) in [5.41, 5.74) is 3.00. The molecule has 0 radical (unpaired) electrons. The molecule has 1 aliphatic rings. The minimum atomic E-state index is 0.769. The summed E-state index contributed by atoms with van der Waals surface area (Å²) in [7, 11) is 6.43. The molecule has 0 aliphatic carbocycles. The molecule has 1 heterocycles. The normalized spacial score (nSPS) is 17.8. The number of benzene rings is 1. The fourth-order valence-corrected chi connectivity index (χ4v) is 3.05. The Morgan fingerprint density at radius 3 is 2.40 bits per heavy atom. The predicted octanol–water partition coefficient (Wildman–Crippen LogP) is 1.97. The molecule has 0 unspecified atom stereocenters. The van der Waals surface area contributed by atoms with Crippen LogP contribution in [0.3, 0.4) is 0 Å². The van der Waals surface area contributed by atoms with Crippen molar-refractivity contribution in [2.24, 2.45) is 0 Å². The van der Waals surface area contributed by atoms with Crippen molar-refractivity contribution in [1.82, 2.24) is 15.1 Å². The van der Waals surface area contributed by atoms with E-state index in [2.05, 4.69) is 53.5 Å². The van der Waals surface area contributed by atoms with E-state index in [1.807, 2.05) is 7.05 Å². The molecular weight excluding hydrogens is 246 g/mol. The molecule has 112 valence electrons. The Morgan fingerprint density at radius 1 is 1.15 bits per heavy atom. The lowest BCUT2D eigenvalue weighted by Gasteiger charge is -2.35. The molecule has 0 bridgehead atoms. The summed E-state index contributed by atoms with van der Waals surface area (Å²) in [6, 6.07) is 9.67. The Balaban J connectivity index is 1.90. The number of hydrogen-bond donors (Lipinski definition) is 1. The first kappa shape index (κ1) is 15.5. The van der Waals surface area contributed by atoms with Crippen molar-refractivity contribution in [2.45, 2.75) is 31.8 Å². The summed E-state index contributed by atoms with van der Waals surface area (Å²) in [6.45, 7) is 4.62. The molecule has 1 N–H and O–H groups in total. The van der Waals surface area contributed by atoms with Crippen LogP contribution in [0.15, 0.2) is 24.3 Å². The quantitative estimate of drug-likeness (QED) is 0.856. The summed E-state index contributed by atoms with van der Waals surface area (Å²) in [5.74, 6) is 0. The van der Waals surface area contributed by atoms with Gasteiger partial charge in [0, 0.05) is 12.6 Å². The number of rotatable bonds is 6. The van der Waals surface area contributed by atoms with Crippen molar-refractivity contribution in [3.8, 4) is 0 Å². The third-order valence-corrected chi connectivity index (χ3v) is 4.44. The zero-order valence-corrected chi connectivity index (χ0v) is 13.2. The van der Waals surface area contributed by atoms with E-state index < -0.39 is 0 Å². The van der Waals surface area contributed by atoms with E-state index in [0.717, 1.165) is 25.6 Å². The van der Waals surface area contributed by atoms with Gasteiger partial charge in [-0.1, -0.05) is 24.3 Å². The van der Waals surface area contributed by atoms with Crippen molar-refractivity contribution < 1.29 is 0 Å². The van der Waals surface area contributed by atoms with Crippen LogP contribution >= 0.6 is 0 Å². The fourth-order valence-electron chi connectivity index (χ4n) is 3.05. The van der Waals surface area contributed by atoms with Crippen LogP contribution in [0.1, 0.15) is 24.0 Å². The maximum absolute atomic E-state index is 3.25. The van der Waals surface area contributed by atoms with E-state index in [1.165, 1.54) is 37.1 Å². The first-order valence-electron chi connectivity index (χ1n) is 7.81. The van der Waals surface area contributed by atoms with Gasteiger partial charge in [0.05, 0.1) is 0 Å². The third-order valence-electron chi connectivity index (χ3n) is 4.44. The molecule has 0 spiro atoms. The lowest BCUT2D eigenvalue weighted by Crippen LogP contribution is -2.41. The molecule has 0 aromatic heterocycles. The molecular formula is C17H29N3. The number of nitrogens with one attached hydrogen (secondary N) is 1. The summed E-state index contributed by atoms with van der Waals surface area (Å²) in [6.07, 6.45) is 3.72. The molecule has 1 aromatic carbocycles. The highest BCUT2D eigenvalue weighted by atomic mass is 15.2. The van der Waals surface area contributed by atoms with Crippen molar-refractivity contribution in [3.63, 3.8) is 0 Å². The highest BCUT2D eigenvalue weighted by Crippen LogP contribution is 2.18. The van der Waals surface area contributed by atoms with Crippen LogP contribution in [0.25, 0.3) is 0 Å². The molecule has 2 rings (SSSR count). The Bertz CT molecular complexity index is 395. The minimum Gasteiger partial charge on any atom is -0.319 e. The van der Waals surface area contributed by atoms with E-state index in [9.17, 15) is 0 Å². The lowest BCUT2D eigenvalue weighted by atomic mass is 10.0. The number of likely N-dealkylation sites (N-methyl/N-ethyl adjacent to an activating group) is 1. The Morgan fingerprint density at radius 2 is 1.80 bits per heavy atom. The van der Waals surface area contributed by atoms with Gasteiger partial charge >= 0.3 is 0 Å². The number of nitrogens with zero attached hydrogens (tertiary/aromatic N) is 2. The number of likely N-dealkylation sites (tertiary alicyclic amines) is 1. The molecule has 0 atom stereocenters. The van der Waals surface area contributed by atoms with Crippen molar-refractivity contribution in [1.29, 1.82) is 0 Å². The van der Waals surface area contributed by atoms with Gasteiger partial charge in [-0.25, -0.2) is 0 Å². The molecule has 1 fully saturated rings. The Labute approximate surface area is 124 Å². The minimum absolute atomic E-state index is 0.769. The number of hydrogen-bond acceptors (Lipinski definition) is 3. The first-order chi connectivity index (χ1) is 9.70. The zero-order chi connectivity index (χ0) is 14.4. The second-order valence-electron chi connectivity index (χ2n) is 6.09. The largest absolute Gasteiger partial charge is 0.319 e.